The molecule has 0 aliphatic carbocycles. The first-order valence-corrected chi connectivity index (χ1v) is 12.1. The van der Waals surface area contributed by atoms with E-state index in [9.17, 15) is 9.59 Å². The van der Waals surface area contributed by atoms with Gasteiger partial charge in [-0.3, -0.25) is 19.2 Å². The molecular formula is C25H33N5O6. The Labute approximate surface area is 209 Å². The van der Waals surface area contributed by atoms with Crippen molar-refractivity contribution in [3.63, 3.8) is 0 Å². The maximum Gasteiger partial charge on any atom is 0.414 e. The van der Waals surface area contributed by atoms with Crippen LogP contribution in [0.25, 0.3) is 22.2 Å². The minimum Gasteiger partial charge on any atom is -0.449 e. The number of hydrogen-bond donors (Lipinski definition) is 0. The molecule has 194 valence electrons. The molecule has 0 N–H and O–H groups in total. The number of carbonyl (C=O) groups is 2. The van der Waals surface area contributed by atoms with Crippen LogP contribution < -0.4 is 4.90 Å². The summed E-state index contributed by atoms with van der Waals surface area (Å²) in [6.45, 7) is 6.34. The van der Waals surface area contributed by atoms with E-state index in [0.717, 1.165) is 22.6 Å². The van der Waals surface area contributed by atoms with E-state index in [2.05, 4.69) is 10.1 Å². The van der Waals surface area contributed by atoms with Gasteiger partial charge in [-0.1, -0.05) is 6.92 Å². The van der Waals surface area contributed by atoms with Gasteiger partial charge in [-0.05, 0) is 39.2 Å². The van der Waals surface area contributed by atoms with Crippen molar-refractivity contribution in [2.24, 2.45) is 7.05 Å². The fourth-order valence-electron chi connectivity index (χ4n) is 4.56. The fraction of sp³-hybridized carbons (Fsp3) is 0.520. The molecule has 3 aromatic heterocycles. The highest BCUT2D eigenvalue weighted by molar-refractivity contribution is 6.10. The quantitative estimate of drug-likeness (QED) is 0.447. The van der Waals surface area contributed by atoms with E-state index in [4.69, 9.17) is 18.7 Å². The van der Waals surface area contributed by atoms with Gasteiger partial charge in [-0.25, -0.2) is 14.8 Å². The van der Waals surface area contributed by atoms with Crippen LogP contribution in [0, 0.1) is 6.92 Å². The summed E-state index contributed by atoms with van der Waals surface area (Å²) >= 11 is 0. The van der Waals surface area contributed by atoms with E-state index >= 15 is 0 Å². The number of nitrogens with zero attached hydrogens (tertiary/aromatic N) is 5. The highest BCUT2D eigenvalue weighted by Crippen LogP contribution is 2.40. The number of amides is 2. The number of anilines is 1. The fourth-order valence-corrected chi connectivity index (χ4v) is 4.56. The highest BCUT2D eigenvalue weighted by Gasteiger charge is 2.38. The van der Waals surface area contributed by atoms with Crippen molar-refractivity contribution in [1.82, 2.24) is 19.8 Å². The van der Waals surface area contributed by atoms with Gasteiger partial charge in [0.15, 0.2) is 0 Å². The summed E-state index contributed by atoms with van der Waals surface area (Å²) in [7, 11) is 4.70. The van der Waals surface area contributed by atoms with E-state index in [1.807, 2.05) is 33.2 Å². The second-order valence-electron chi connectivity index (χ2n) is 8.79. The third-order valence-corrected chi connectivity index (χ3v) is 6.48. The van der Waals surface area contributed by atoms with Gasteiger partial charge in [0, 0.05) is 49.8 Å². The average molecular weight is 500 g/mol. The number of hydroxylamine groups is 2. The van der Waals surface area contributed by atoms with Crippen molar-refractivity contribution in [2.45, 2.75) is 52.2 Å². The third-order valence-electron chi connectivity index (χ3n) is 6.48. The smallest absolute Gasteiger partial charge is 0.414 e. The van der Waals surface area contributed by atoms with Gasteiger partial charge in [0.05, 0.1) is 31.4 Å². The second-order valence-corrected chi connectivity index (χ2v) is 8.79. The molecule has 4 rings (SSSR count). The lowest BCUT2D eigenvalue weighted by Gasteiger charge is -2.36. The molecule has 2 atom stereocenters. The standard InChI is InChI=1S/C25H33N5O6/c1-7-18-11-17(9-10-35-18)30(25(32)34-8-2)21-20-12-19(16-13-26-28(4)14-16)15(3)27-23(20)36-22(21)24(31)29(5)33-6/h12-14,17-18H,7-11H2,1-6H3/t17-,18-/m0/s1. The molecule has 1 aliphatic heterocycles. The summed E-state index contributed by atoms with van der Waals surface area (Å²) in [6, 6.07) is 1.63. The molecule has 0 spiro atoms. The minimum atomic E-state index is -0.556. The van der Waals surface area contributed by atoms with Crippen LogP contribution >= 0.6 is 0 Å². The van der Waals surface area contributed by atoms with Crippen LogP contribution in [-0.2, 0) is 21.4 Å². The van der Waals surface area contributed by atoms with Crippen LogP contribution in [-0.4, -0.2) is 71.3 Å². The van der Waals surface area contributed by atoms with Crippen LogP contribution in [0.15, 0.2) is 22.9 Å². The number of aromatic nitrogens is 3. The number of rotatable bonds is 7. The van der Waals surface area contributed by atoms with Gasteiger partial charge >= 0.3 is 12.0 Å². The Bertz CT molecular complexity index is 1250. The van der Waals surface area contributed by atoms with Gasteiger partial charge in [-0.15, -0.1) is 0 Å². The lowest BCUT2D eigenvalue weighted by molar-refractivity contribution is -0.0772. The largest absolute Gasteiger partial charge is 0.449 e. The van der Waals surface area contributed by atoms with E-state index in [1.165, 1.54) is 14.2 Å². The number of carbonyl (C=O) groups excluding carboxylic acids is 2. The van der Waals surface area contributed by atoms with Gasteiger partial charge < -0.3 is 13.9 Å². The van der Waals surface area contributed by atoms with Crippen LogP contribution in [0.3, 0.4) is 0 Å². The average Bonchev–Trinajstić information content (AvgIpc) is 3.46. The summed E-state index contributed by atoms with van der Waals surface area (Å²) in [6.07, 6.45) is 5.06. The Morgan fingerprint density at radius 3 is 2.72 bits per heavy atom. The lowest BCUT2D eigenvalue weighted by atomic mass is 9.98. The Kier molecular flexibility index (Phi) is 7.60. The van der Waals surface area contributed by atoms with Crippen LogP contribution in [0.1, 0.15) is 49.4 Å². The summed E-state index contributed by atoms with van der Waals surface area (Å²) in [4.78, 5) is 38.2. The molecule has 0 radical (unpaired) electrons. The minimum absolute atomic E-state index is 0.00837. The predicted octanol–water partition coefficient (Wildman–Crippen LogP) is 4.09. The SMILES string of the molecule is CCOC(=O)N(c1c(C(=O)N(C)OC)oc2nc(C)c(-c3cnn(C)c3)cc12)[C@H]1CCO[C@@H](CC)C1. The predicted molar refractivity (Wildman–Crippen MR) is 133 cm³/mol. The molecule has 1 saturated heterocycles. The summed E-state index contributed by atoms with van der Waals surface area (Å²) < 4.78 is 19.1. The Morgan fingerprint density at radius 1 is 1.31 bits per heavy atom. The molecule has 1 fully saturated rings. The van der Waals surface area contributed by atoms with Crippen LogP contribution in [0.4, 0.5) is 10.5 Å². The van der Waals surface area contributed by atoms with Crippen molar-refractivity contribution in [3.8, 4) is 11.1 Å². The zero-order valence-electron chi connectivity index (χ0n) is 21.6. The van der Waals surface area contributed by atoms with Crippen molar-refractivity contribution in [2.75, 3.05) is 32.3 Å². The molecule has 4 heterocycles. The topological polar surface area (TPSA) is 112 Å². The van der Waals surface area contributed by atoms with Gasteiger partial charge in [0.2, 0.25) is 11.5 Å². The number of hydrogen-bond acceptors (Lipinski definition) is 8. The molecule has 2 amide bonds. The first kappa shape index (κ1) is 25.6. The number of pyridine rings is 1. The highest BCUT2D eigenvalue weighted by atomic mass is 16.7. The Morgan fingerprint density at radius 2 is 2.08 bits per heavy atom. The molecule has 0 bridgehead atoms. The van der Waals surface area contributed by atoms with E-state index in [1.54, 1.807) is 22.7 Å². The van der Waals surface area contributed by atoms with Crippen molar-refractivity contribution in [3.05, 3.63) is 29.9 Å². The molecule has 36 heavy (non-hydrogen) atoms. The van der Waals surface area contributed by atoms with Crippen LogP contribution in [0.5, 0.6) is 0 Å². The maximum absolute atomic E-state index is 13.5. The third kappa shape index (κ3) is 4.80. The van der Waals surface area contributed by atoms with Gasteiger partial charge in [0.25, 0.3) is 0 Å². The van der Waals surface area contributed by atoms with Gasteiger partial charge in [0.1, 0.15) is 5.69 Å². The Balaban J connectivity index is 1.97. The molecular weight excluding hydrogens is 466 g/mol. The van der Waals surface area contributed by atoms with E-state index in [0.29, 0.717) is 36.2 Å². The molecule has 0 unspecified atom stereocenters. The number of ether oxygens (including phenoxy) is 2. The normalized spacial score (nSPS) is 17.8. The molecule has 11 heteroatoms. The molecule has 0 saturated carbocycles. The van der Waals surface area contributed by atoms with E-state index < -0.39 is 12.0 Å². The first-order valence-electron chi connectivity index (χ1n) is 12.1. The van der Waals surface area contributed by atoms with E-state index in [-0.39, 0.29) is 30.2 Å². The second kappa shape index (κ2) is 10.7. The summed E-state index contributed by atoms with van der Waals surface area (Å²) in [5, 5.41) is 5.85. The Hall–Kier alpha value is -3.44. The monoisotopic (exact) mass is 499 g/mol. The number of aryl methyl sites for hydroxylation is 2. The van der Waals surface area contributed by atoms with Crippen LogP contribution in [0.2, 0.25) is 0 Å². The number of fused-ring (bicyclic) bond motifs is 1. The summed E-state index contributed by atoms with van der Waals surface area (Å²) in [5.74, 6) is -0.586. The maximum atomic E-state index is 13.5. The zero-order valence-corrected chi connectivity index (χ0v) is 21.6. The first-order chi connectivity index (χ1) is 17.3. The number of furan rings is 1. The molecule has 0 aromatic carbocycles. The van der Waals surface area contributed by atoms with Crippen molar-refractivity contribution < 1.29 is 28.3 Å². The molecule has 3 aromatic rings. The molecule has 1 aliphatic rings. The summed E-state index contributed by atoms with van der Waals surface area (Å²) in [5.41, 5.74) is 2.94. The van der Waals surface area contributed by atoms with Crippen molar-refractivity contribution >= 4 is 28.8 Å². The van der Waals surface area contributed by atoms with Gasteiger partial charge in [-0.2, -0.15) is 5.10 Å². The van der Waals surface area contributed by atoms with Crippen molar-refractivity contribution in [1.29, 1.82) is 0 Å². The lowest BCUT2D eigenvalue weighted by Crippen LogP contribution is -2.46. The zero-order chi connectivity index (χ0) is 26.0. The molecule has 11 nitrogen and oxygen atoms in total.